The zero-order valence-corrected chi connectivity index (χ0v) is 22.5. The van der Waals surface area contributed by atoms with Gasteiger partial charge in [-0.3, -0.25) is 4.79 Å². The Kier molecular flexibility index (Phi) is 8.10. The largest absolute Gasteiger partial charge is 0.396 e. The minimum atomic E-state index is -4.14. The van der Waals surface area contributed by atoms with Crippen molar-refractivity contribution in [3.63, 3.8) is 0 Å². The lowest BCUT2D eigenvalue weighted by molar-refractivity contribution is 0.102. The van der Waals surface area contributed by atoms with Gasteiger partial charge in [0.05, 0.1) is 4.90 Å². The van der Waals surface area contributed by atoms with Crippen molar-refractivity contribution in [1.29, 1.82) is 0 Å². The Morgan fingerprint density at radius 3 is 2.54 bits per heavy atom. The maximum atomic E-state index is 13.7. The van der Waals surface area contributed by atoms with Crippen molar-refractivity contribution in [2.24, 2.45) is 0 Å². The normalized spacial score (nSPS) is 12.4. The molecular formula is C24H28ClN3O5S2. The first kappa shape index (κ1) is 26.9. The van der Waals surface area contributed by atoms with Crippen LogP contribution in [-0.2, 0) is 16.3 Å². The van der Waals surface area contributed by atoms with Crippen LogP contribution in [-0.4, -0.2) is 36.6 Å². The van der Waals surface area contributed by atoms with E-state index < -0.39 is 21.1 Å². The number of aryl methyl sites for hydroxylation is 4. The average molecular weight is 538 g/mol. The van der Waals surface area contributed by atoms with Crippen LogP contribution < -0.4 is 10.6 Å². The van der Waals surface area contributed by atoms with E-state index in [1.807, 2.05) is 19.9 Å². The highest BCUT2D eigenvalue weighted by atomic mass is 35.5. The van der Waals surface area contributed by atoms with Gasteiger partial charge in [0.15, 0.2) is 5.37 Å². The molecule has 0 bridgehead atoms. The van der Waals surface area contributed by atoms with E-state index >= 15 is 0 Å². The molecule has 0 aliphatic rings. The molecule has 11 heteroatoms. The molecule has 3 rings (SSSR count). The molecule has 35 heavy (non-hydrogen) atoms. The predicted octanol–water partition coefficient (Wildman–Crippen LogP) is 5.12. The summed E-state index contributed by atoms with van der Waals surface area (Å²) in [6, 6.07) is 3.77. The molecule has 0 saturated carbocycles. The summed E-state index contributed by atoms with van der Waals surface area (Å²) in [6.45, 7) is 12.4. The predicted molar refractivity (Wildman–Crippen MR) is 139 cm³/mol. The number of hydrogen-bond acceptors (Lipinski definition) is 8. The molecule has 1 aromatic carbocycles. The zero-order valence-electron chi connectivity index (χ0n) is 20.2. The minimum absolute atomic E-state index is 0.00266. The molecule has 0 spiro atoms. The quantitative estimate of drug-likeness (QED) is 0.324. The molecule has 2 heterocycles. The standard InChI is InChI=1S/C24H28ClN3O5S2/c1-7-19(27-24-20(25)15(5)28-33-24)35(31,32)22-14(4)16(6)34-21(22)23(30)26-18-11-12(2)10-13(3)17(18)8-9-29/h7,10-11,19,27,29H,1,8-9H2,2-6H3,(H,26,30). The number of thiophene rings is 1. The Morgan fingerprint density at radius 2 is 1.97 bits per heavy atom. The van der Waals surface area contributed by atoms with E-state index in [1.54, 1.807) is 26.8 Å². The van der Waals surface area contributed by atoms with Crippen molar-refractivity contribution in [2.45, 2.75) is 51.3 Å². The molecule has 1 amide bonds. The molecule has 0 radical (unpaired) electrons. The first-order valence-corrected chi connectivity index (χ1v) is 13.5. The van der Waals surface area contributed by atoms with Crippen molar-refractivity contribution in [3.05, 3.63) is 67.5 Å². The number of rotatable bonds is 9. The second-order valence-electron chi connectivity index (χ2n) is 8.23. The third-order valence-electron chi connectivity index (χ3n) is 5.66. The zero-order chi connectivity index (χ0) is 26.1. The highest BCUT2D eigenvalue weighted by molar-refractivity contribution is 7.92. The van der Waals surface area contributed by atoms with Crippen LogP contribution in [0.4, 0.5) is 11.6 Å². The third-order valence-corrected chi connectivity index (χ3v) is 9.50. The van der Waals surface area contributed by atoms with Gasteiger partial charge in [0.1, 0.15) is 15.6 Å². The summed E-state index contributed by atoms with van der Waals surface area (Å²) in [5, 5.41) is 17.6. The molecule has 0 saturated heterocycles. The maximum Gasteiger partial charge on any atom is 0.267 e. The van der Waals surface area contributed by atoms with Gasteiger partial charge in [-0.1, -0.05) is 35.5 Å². The number of halogens is 1. The van der Waals surface area contributed by atoms with Gasteiger partial charge in [0, 0.05) is 17.2 Å². The number of aliphatic hydroxyl groups excluding tert-OH is 1. The van der Waals surface area contributed by atoms with E-state index in [0.717, 1.165) is 28.0 Å². The number of nitrogens with one attached hydrogen (secondary N) is 2. The SMILES string of the molecule is C=CC(Nc1onc(C)c1Cl)S(=O)(=O)c1c(C(=O)Nc2cc(C)cc(C)c2CCO)sc(C)c1C. The lowest BCUT2D eigenvalue weighted by Crippen LogP contribution is -2.29. The summed E-state index contributed by atoms with van der Waals surface area (Å²) in [6.07, 6.45) is 1.57. The molecule has 0 aliphatic heterocycles. The second-order valence-corrected chi connectivity index (χ2v) is 11.8. The lowest BCUT2D eigenvalue weighted by Gasteiger charge is -2.17. The van der Waals surface area contributed by atoms with Crippen LogP contribution in [0, 0.1) is 34.6 Å². The fraction of sp³-hybridized carbons (Fsp3) is 0.333. The molecule has 1 unspecified atom stereocenters. The fourth-order valence-corrected chi connectivity index (χ4v) is 7.11. The monoisotopic (exact) mass is 537 g/mol. The van der Waals surface area contributed by atoms with Gasteiger partial charge in [-0.15, -0.1) is 11.3 Å². The number of carbonyl (C=O) groups excluding carboxylic acids is 1. The van der Waals surface area contributed by atoms with Crippen molar-refractivity contribution >= 4 is 50.3 Å². The van der Waals surface area contributed by atoms with Crippen LogP contribution in [0.2, 0.25) is 5.02 Å². The van der Waals surface area contributed by atoms with Crippen LogP contribution in [0.1, 0.15) is 42.5 Å². The van der Waals surface area contributed by atoms with Crippen molar-refractivity contribution in [2.75, 3.05) is 17.2 Å². The lowest BCUT2D eigenvalue weighted by atomic mass is 10.0. The summed E-state index contributed by atoms with van der Waals surface area (Å²) in [7, 11) is -4.14. The smallest absolute Gasteiger partial charge is 0.267 e. The number of sulfone groups is 1. The Balaban J connectivity index is 2.04. The van der Waals surface area contributed by atoms with Crippen molar-refractivity contribution in [3.8, 4) is 0 Å². The van der Waals surface area contributed by atoms with Gasteiger partial charge < -0.3 is 20.3 Å². The summed E-state index contributed by atoms with van der Waals surface area (Å²) >= 11 is 7.25. The summed E-state index contributed by atoms with van der Waals surface area (Å²) in [4.78, 5) is 14.1. The number of aromatic nitrogens is 1. The first-order valence-electron chi connectivity index (χ1n) is 10.8. The number of aliphatic hydroxyl groups is 1. The number of carbonyl (C=O) groups is 1. The van der Waals surface area contributed by atoms with Crippen LogP contribution in [0.5, 0.6) is 0 Å². The second kappa shape index (κ2) is 10.5. The Labute approximate surface area is 213 Å². The fourth-order valence-electron chi connectivity index (χ4n) is 3.80. The molecule has 0 aliphatic carbocycles. The van der Waals surface area contributed by atoms with Gasteiger partial charge in [-0.25, -0.2) is 8.42 Å². The van der Waals surface area contributed by atoms with E-state index in [4.69, 9.17) is 16.1 Å². The average Bonchev–Trinajstić information content (AvgIpc) is 3.27. The molecule has 3 aromatic rings. The topological polar surface area (TPSA) is 122 Å². The van der Waals surface area contributed by atoms with Gasteiger partial charge in [-0.2, -0.15) is 0 Å². The summed E-state index contributed by atoms with van der Waals surface area (Å²) in [5.74, 6) is -0.553. The van der Waals surface area contributed by atoms with Gasteiger partial charge >= 0.3 is 0 Å². The van der Waals surface area contributed by atoms with Crippen LogP contribution in [0.15, 0.2) is 34.2 Å². The Bertz CT molecular complexity index is 1390. The molecule has 2 aromatic heterocycles. The summed E-state index contributed by atoms with van der Waals surface area (Å²) < 4.78 is 32.6. The van der Waals surface area contributed by atoms with Crippen LogP contribution in [0.25, 0.3) is 0 Å². The van der Waals surface area contributed by atoms with E-state index in [2.05, 4.69) is 22.4 Å². The van der Waals surface area contributed by atoms with Gasteiger partial charge in [-0.05, 0) is 69.4 Å². The number of amides is 1. The molecule has 1 atom stereocenters. The number of anilines is 2. The highest BCUT2D eigenvalue weighted by Crippen LogP contribution is 2.36. The van der Waals surface area contributed by atoms with E-state index in [-0.39, 0.29) is 27.3 Å². The number of hydrogen-bond donors (Lipinski definition) is 3. The van der Waals surface area contributed by atoms with E-state index in [1.165, 1.54) is 6.08 Å². The molecule has 188 valence electrons. The first-order chi connectivity index (χ1) is 16.4. The molecule has 3 N–H and O–H groups in total. The van der Waals surface area contributed by atoms with Gasteiger partial charge in [0.25, 0.3) is 5.91 Å². The van der Waals surface area contributed by atoms with Crippen molar-refractivity contribution < 1.29 is 22.8 Å². The number of benzene rings is 1. The van der Waals surface area contributed by atoms with Gasteiger partial charge in [0.2, 0.25) is 15.7 Å². The molecule has 0 fully saturated rings. The summed E-state index contributed by atoms with van der Waals surface area (Å²) in [5.41, 5.74) is 4.07. The third kappa shape index (κ3) is 5.30. The highest BCUT2D eigenvalue weighted by Gasteiger charge is 2.35. The van der Waals surface area contributed by atoms with Crippen molar-refractivity contribution in [1.82, 2.24) is 5.16 Å². The number of nitrogens with zero attached hydrogens (tertiary/aromatic N) is 1. The minimum Gasteiger partial charge on any atom is -0.396 e. The van der Waals surface area contributed by atoms with Crippen LogP contribution in [0.3, 0.4) is 0 Å². The van der Waals surface area contributed by atoms with E-state index in [0.29, 0.717) is 28.2 Å². The molecular weight excluding hydrogens is 510 g/mol. The van der Waals surface area contributed by atoms with E-state index in [9.17, 15) is 18.3 Å². The maximum absolute atomic E-state index is 13.7. The Morgan fingerprint density at radius 1 is 1.29 bits per heavy atom. The Hall–Kier alpha value is -2.66. The molecule has 8 nitrogen and oxygen atoms in total. The van der Waals surface area contributed by atoms with Crippen LogP contribution >= 0.6 is 22.9 Å².